The number of hydrogen-bond acceptors (Lipinski definition) is 3. The fraction of sp³-hybridized carbons (Fsp3) is 0.364. The first-order valence-electron chi connectivity index (χ1n) is 4.88. The summed E-state index contributed by atoms with van der Waals surface area (Å²) in [5.74, 6) is -0.505. The maximum atomic E-state index is 13.2. The number of hydrogen-bond donors (Lipinski definition) is 2. The normalized spacial score (nSPS) is 11.9. The fourth-order valence-electron chi connectivity index (χ4n) is 1.31. The van der Waals surface area contributed by atoms with E-state index in [9.17, 15) is 4.39 Å². The fourth-order valence-corrected chi connectivity index (χ4v) is 1.31. The van der Waals surface area contributed by atoms with Crippen LogP contribution in [0.1, 0.15) is 18.9 Å². The van der Waals surface area contributed by atoms with Gasteiger partial charge in [-0.2, -0.15) is 5.26 Å². The minimum absolute atomic E-state index is 0.0457. The van der Waals surface area contributed by atoms with E-state index >= 15 is 0 Å². The van der Waals surface area contributed by atoms with Crippen LogP contribution in [0.25, 0.3) is 0 Å². The zero-order chi connectivity index (χ0) is 11.3. The molecule has 80 valence electrons. The summed E-state index contributed by atoms with van der Waals surface area (Å²) in [6, 6.07) is 6.43. The second kappa shape index (κ2) is 5.32. The summed E-state index contributed by atoms with van der Waals surface area (Å²) in [4.78, 5) is 0. The predicted molar refractivity (Wildman–Crippen MR) is 57.9 cm³/mol. The summed E-state index contributed by atoms with van der Waals surface area (Å²) in [6.07, 6.45) is 0.831. The van der Waals surface area contributed by atoms with Gasteiger partial charge in [-0.05, 0) is 18.6 Å². The maximum Gasteiger partial charge on any atom is 0.143 e. The molecule has 0 amide bonds. The van der Waals surface area contributed by atoms with Crippen molar-refractivity contribution in [3.63, 3.8) is 0 Å². The zero-order valence-corrected chi connectivity index (χ0v) is 8.63. The van der Waals surface area contributed by atoms with Crippen LogP contribution in [0.3, 0.4) is 0 Å². The molecule has 0 bridgehead atoms. The molecule has 1 atom stereocenters. The van der Waals surface area contributed by atoms with E-state index in [0.29, 0.717) is 12.2 Å². The van der Waals surface area contributed by atoms with E-state index < -0.39 is 5.82 Å². The highest BCUT2D eigenvalue weighted by atomic mass is 19.1. The van der Waals surface area contributed by atoms with Gasteiger partial charge >= 0.3 is 0 Å². The molecule has 0 spiro atoms. The van der Waals surface area contributed by atoms with Gasteiger partial charge in [-0.3, -0.25) is 0 Å². The van der Waals surface area contributed by atoms with Crippen LogP contribution in [0.5, 0.6) is 0 Å². The van der Waals surface area contributed by atoms with Crippen LogP contribution in [-0.2, 0) is 0 Å². The molecule has 3 nitrogen and oxygen atoms in total. The quantitative estimate of drug-likeness (QED) is 0.792. The Morgan fingerprint density at radius 3 is 2.87 bits per heavy atom. The van der Waals surface area contributed by atoms with Gasteiger partial charge in [-0.25, -0.2) is 4.39 Å². The highest BCUT2D eigenvalue weighted by Crippen LogP contribution is 2.18. The van der Waals surface area contributed by atoms with Gasteiger partial charge in [0.1, 0.15) is 17.4 Å². The van der Waals surface area contributed by atoms with Crippen LogP contribution in [0.15, 0.2) is 18.2 Å². The first-order valence-corrected chi connectivity index (χ1v) is 4.88. The lowest BCUT2D eigenvalue weighted by molar-refractivity contribution is 0.623. The van der Waals surface area contributed by atoms with E-state index in [1.54, 1.807) is 12.1 Å². The third-order valence-corrected chi connectivity index (χ3v) is 2.26. The van der Waals surface area contributed by atoms with Crippen molar-refractivity contribution in [2.45, 2.75) is 19.4 Å². The lowest BCUT2D eigenvalue weighted by Crippen LogP contribution is -2.28. The molecule has 15 heavy (non-hydrogen) atoms. The number of nitrogens with zero attached hydrogens (tertiary/aromatic N) is 1. The number of nitrogens with two attached hydrogens (primary N) is 1. The highest BCUT2D eigenvalue weighted by Gasteiger charge is 2.10. The third-order valence-electron chi connectivity index (χ3n) is 2.26. The van der Waals surface area contributed by atoms with E-state index in [4.69, 9.17) is 11.0 Å². The Balaban J connectivity index is 2.95. The summed E-state index contributed by atoms with van der Waals surface area (Å²) in [5.41, 5.74) is 6.08. The van der Waals surface area contributed by atoms with Crippen molar-refractivity contribution in [3.8, 4) is 6.07 Å². The summed E-state index contributed by atoms with van der Waals surface area (Å²) in [5, 5.41) is 11.8. The topological polar surface area (TPSA) is 61.8 Å². The van der Waals surface area contributed by atoms with Crippen LogP contribution in [0.4, 0.5) is 10.1 Å². The van der Waals surface area contributed by atoms with Crippen molar-refractivity contribution in [2.75, 3.05) is 11.9 Å². The van der Waals surface area contributed by atoms with Gasteiger partial charge in [0, 0.05) is 12.6 Å². The number of benzene rings is 1. The van der Waals surface area contributed by atoms with Gasteiger partial charge in [-0.1, -0.05) is 13.0 Å². The van der Waals surface area contributed by atoms with Gasteiger partial charge < -0.3 is 11.1 Å². The minimum Gasteiger partial charge on any atom is -0.380 e. The minimum atomic E-state index is -0.505. The molecule has 0 fully saturated rings. The molecule has 0 radical (unpaired) electrons. The van der Waals surface area contributed by atoms with Crippen LogP contribution in [0.2, 0.25) is 0 Å². The Hall–Kier alpha value is -1.60. The van der Waals surface area contributed by atoms with Crippen LogP contribution >= 0.6 is 0 Å². The average Bonchev–Trinajstić information content (AvgIpc) is 2.26. The Kier molecular flexibility index (Phi) is 4.07. The van der Waals surface area contributed by atoms with Crippen LogP contribution < -0.4 is 11.1 Å². The molecule has 0 aliphatic rings. The van der Waals surface area contributed by atoms with E-state index in [2.05, 4.69) is 5.32 Å². The molecule has 0 saturated heterocycles. The van der Waals surface area contributed by atoms with E-state index in [1.807, 2.05) is 13.0 Å². The largest absolute Gasteiger partial charge is 0.380 e. The standard InChI is InChI=1S/C11H14FN3/c1-2-8(6-13)15-11-5-3-4-10(12)9(11)7-14/h3-5,8,15H,2,6,13H2,1H3. The third kappa shape index (κ3) is 2.67. The molecule has 0 aromatic heterocycles. The molecule has 0 aliphatic carbocycles. The Labute approximate surface area is 88.7 Å². The van der Waals surface area contributed by atoms with Crippen molar-refractivity contribution >= 4 is 5.69 Å². The monoisotopic (exact) mass is 207 g/mol. The number of nitriles is 1. The van der Waals surface area contributed by atoms with Gasteiger partial charge in [0.25, 0.3) is 0 Å². The number of rotatable bonds is 4. The molecular weight excluding hydrogens is 193 g/mol. The second-order valence-electron chi connectivity index (χ2n) is 3.26. The lowest BCUT2D eigenvalue weighted by Gasteiger charge is -2.16. The smallest absolute Gasteiger partial charge is 0.143 e. The van der Waals surface area contributed by atoms with Crippen LogP contribution in [0, 0.1) is 17.1 Å². The summed E-state index contributed by atoms with van der Waals surface area (Å²) in [6.45, 7) is 2.44. The molecule has 1 aromatic rings. The summed E-state index contributed by atoms with van der Waals surface area (Å²) >= 11 is 0. The SMILES string of the molecule is CCC(CN)Nc1cccc(F)c1C#N. The van der Waals surface area contributed by atoms with E-state index in [1.165, 1.54) is 6.07 Å². The zero-order valence-electron chi connectivity index (χ0n) is 8.63. The maximum absolute atomic E-state index is 13.2. The molecule has 3 N–H and O–H groups in total. The Morgan fingerprint density at radius 1 is 1.60 bits per heavy atom. The van der Waals surface area contributed by atoms with Crippen molar-refractivity contribution in [3.05, 3.63) is 29.6 Å². The molecule has 0 aliphatic heterocycles. The first-order chi connectivity index (χ1) is 7.22. The molecule has 0 heterocycles. The molecule has 0 saturated carbocycles. The molecule has 1 rings (SSSR count). The lowest BCUT2D eigenvalue weighted by atomic mass is 10.1. The van der Waals surface area contributed by atoms with E-state index in [0.717, 1.165) is 6.42 Å². The van der Waals surface area contributed by atoms with Crippen LogP contribution in [-0.4, -0.2) is 12.6 Å². The van der Waals surface area contributed by atoms with Crippen molar-refractivity contribution < 1.29 is 4.39 Å². The Morgan fingerprint density at radius 2 is 2.33 bits per heavy atom. The van der Waals surface area contributed by atoms with Gasteiger partial charge in [0.05, 0.1) is 5.69 Å². The van der Waals surface area contributed by atoms with Gasteiger partial charge in [0.15, 0.2) is 0 Å². The predicted octanol–water partition coefficient (Wildman–Crippen LogP) is 1.85. The number of nitrogens with one attached hydrogen (secondary N) is 1. The van der Waals surface area contributed by atoms with Crippen molar-refractivity contribution in [1.29, 1.82) is 5.26 Å². The molecular formula is C11H14FN3. The number of anilines is 1. The van der Waals surface area contributed by atoms with Gasteiger partial charge in [-0.15, -0.1) is 0 Å². The number of halogens is 1. The molecule has 1 aromatic carbocycles. The van der Waals surface area contributed by atoms with Crippen molar-refractivity contribution in [2.24, 2.45) is 5.73 Å². The summed E-state index contributed by atoms with van der Waals surface area (Å²) < 4.78 is 13.2. The molecule has 4 heteroatoms. The van der Waals surface area contributed by atoms with Gasteiger partial charge in [0.2, 0.25) is 0 Å². The second-order valence-corrected chi connectivity index (χ2v) is 3.26. The molecule has 1 unspecified atom stereocenters. The van der Waals surface area contributed by atoms with Crippen molar-refractivity contribution in [1.82, 2.24) is 0 Å². The first kappa shape index (κ1) is 11.5. The van der Waals surface area contributed by atoms with E-state index in [-0.39, 0.29) is 11.6 Å². The Bertz CT molecular complexity index is 367. The summed E-state index contributed by atoms with van der Waals surface area (Å²) in [7, 11) is 0. The average molecular weight is 207 g/mol. The highest BCUT2D eigenvalue weighted by molar-refractivity contribution is 5.58.